The maximum Gasteiger partial charge on any atom is 0.228 e. The summed E-state index contributed by atoms with van der Waals surface area (Å²) in [6.07, 6.45) is 12.5. The Morgan fingerprint density at radius 2 is 1.52 bits per heavy atom. The van der Waals surface area contributed by atoms with Gasteiger partial charge in [-0.05, 0) is 74.2 Å². The van der Waals surface area contributed by atoms with Crippen molar-refractivity contribution < 1.29 is 4.79 Å². The molecule has 0 aromatic heterocycles. The Bertz CT molecular complexity index is 629. The second-order valence-corrected chi connectivity index (χ2v) is 9.59. The molecule has 4 aliphatic carbocycles. The molecule has 1 heterocycles. The fraction of sp³-hybridized carbons (Fsp3) is 0.696. The van der Waals surface area contributed by atoms with Gasteiger partial charge in [0.1, 0.15) is 0 Å². The van der Waals surface area contributed by atoms with Crippen molar-refractivity contribution in [3.63, 3.8) is 0 Å². The van der Waals surface area contributed by atoms with Crippen molar-refractivity contribution in [2.75, 3.05) is 13.1 Å². The number of benzene rings is 1. The lowest BCUT2D eigenvalue weighted by Crippen LogP contribution is -2.59. The highest BCUT2D eigenvalue weighted by molar-refractivity contribution is 5.83. The van der Waals surface area contributed by atoms with Crippen LogP contribution in [0.3, 0.4) is 0 Å². The maximum atomic E-state index is 13.7. The minimum Gasteiger partial charge on any atom is -0.342 e. The molecule has 6 rings (SSSR count). The Balaban J connectivity index is 1.48. The van der Waals surface area contributed by atoms with Crippen LogP contribution in [0.2, 0.25) is 0 Å². The molecule has 2 nitrogen and oxygen atoms in total. The first kappa shape index (κ1) is 15.9. The Labute approximate surface area is 152 Å². The molecule has 5 aliphatic rings. The Hall–Kier alpha value is -1.31. The van der Waals surface area contributed by atoms with E-state index >= 15 is 0 Å². The first-order chi connectivity index (χ1) is 12.2. The van der Waals surface area contributed by atoms with Crippen LogP contribution in [-0.2, 0) is 10.2 Å². The van der Waals surface area contributed by atoms with Gasteiger partial charge in [0.2, 0.25) is 5.91 Å². The van der Waals surface area contributed by atoms with Gasteiger partial charge in [-0.1, -0.05) is 43.2 Å². The van der Waals surface area contributed by atoms with Gasteiger partial charge in [0.15, 0.2) is 0 Å². The molecule has 5 fully saturated rings. The number of amides is 1. The van der Waals surface area contributed by atoms with Gasteiger partial charge in [-0.3, -0.25) is 4.79 Å². The molecular formula is C23H31NO. The maximum absolute atomic E-state index is 13.7. The van der Waals surface area contributed by atoms with E-state index in [9.17, 15) is 4.79 Å². The van der Waals surface area contributed by atoms with Crippen molar-refractivity contribution in [2.45, 2.75) is 69.6 Å². The van der Waals surface area contributed by atoms with Crippen molar-refractivity contribution in [1.29, 1.82) is 0 Å². The minimum atomic E-state index is -0.0374. The van der Waals surface area contributed by atoms with Crippen LogP contribution in [0, 0.1) is 17.3 Å². The van der Waals surface area contributed by atoms with E-state index in [1.807, 2.05) is 0 Å². The number of carbonyl (C=O) groups is 1. The number of likely N-dealkylation sites (tertiary alicyclic amines) is 1. The van der Waals surface area contributed by atoms with E-state index in [-0.39, 0.29) is 10.8 Å². The molecule has 2 atom stereocenters. The largest absolute Gasteiger partial charge is 0.342 e. The van der Waals surface area contributed by atoms with Crippen LogP contribution in [-0.4, -0.2) is 23.9 Å². The zero-order valence-electron chi connectivity index (χ0n) is 15.4. The minimum absolute atomic E-state index is 0.0374. The van der Waals surface area contributed by atoms with E-state index in [1.165, 1.54) is 63.4 Å². The molecule has 134 valence electrons. The summed E-state index contributed by atoms with van der Waals surface area (Å²) < 4.78 is 0. The van der Waals surface area contributed by atoms with Crippen LogP contribution in [0.1, 0.15) is 69.8 Å². The summed E-state index contributed by atoms with van der Waals surface area (Å²) in [5.41, 5.74) is 1.76. The zero-order chi connectivity index (χ0) is 16.9. The van der Waals surface area contributed by atoms with Crippen molar-refractivity contribution in [3.05, 3.63) is 35.9 Å². The van der Waals surface area contributed by atoms with Gasteiger partial charge in [-0.2, -0.15) is 0 Å². The van der Waals surface area contributed by atoms with Gasteiger partial charge < -0.3 is 4.90 Å². The molecule has 1 aromatic carbocycles. The molecule has 25 heavy (non-hydrogen) atoms. The summed E-state index contributed by atoms with van der Waals surface area (Å²) in [6.45, 7) is 2.02. The van der Waals surface area contributed by atoms with E-state index in [2.05, 4.69) is 35.2 Å². The molecule has 1 aromatic rings. The van der Waals surface area contributed by atoms with Crippen LogP contribution in [0.4, 0.5) is 0 Å². The SMILES string of the molecule is O=C(N1CCCCCC1)C12C[C@H]3C[C@H](C1)CC(c1ccccc1)(C3)C2. The average Bonchev–Trinajstić information content (AvgIpc) is 2.90. The van der Waals surface area contributed by atoms with E-state index < -0.39 is 0 Å². The smallest absolute Gasteiger partial charge is 0.228 e. The quantitative estimate of drug-likeness (QED) is 0.749. The van der Waals surface area contributed by atoms with E-state index in [0.29, 0.717) is 5.91 Å². The van der Waals surface area contributed by atoms with Crippen LogP contribution in [0.25, 0.3) is 0 Å². The molecule has 1 saturated heterocycles. The average molecular weight is 338 g/mol. The molecule has 2 heteroatoms. The molecule has 0 unspecified atom stereocenters. The monoisotopic (exact) mass is 337 g/mol. The summed E-state index contributed by atoms with van der Waals surface area (Å²) in [5.74, 6) is 2.08. The number of nitrogens with zero attached hydrogens (tertiary/aromatic N) is 1. The summed E-state index contributed by atoms with van der Waals surface area (Å²) in [5, 5.41) is 0. The standard InChI is InChI=1S/C23H31NO/c25-21(24-10-6-1-2-7-11-24)23-15-18-12-19(16-23)14-22(13-18,17-23)20-8-4-3-5-9-20/h3-5,8-9,18-19H,1-2,6-7,10-17H2/t18-,19-,22?,23?/m0/s1. The lowest BCUT2D eigenvalue weighted by molar-refractivity contribution is -0.160. The predicted molar refractivity (Wildman–Crippen MR) is 100 cm³/mol. The molecular weight excluding hydrogens is 306 g/mol. The van der Waals surface area contributed by atoms with Crippen molar-refractivity contribution in [1.82, 2.24) is 4.90 Å². The fourth-order valence-corrected chi connectivity index (χ4v) is 7.25. The lowest BCUT2D eigenvalue weighted by atomic mass is 9.42. The van der Waals surface area contributed by atoms with Gasteiger partial charge in [0.05, 0.1) is 5.41 Å². The molecule has 0 N–H and O–H groups in total. The Morgan fingerprint density at radius 3 is 2.16 bits per heavy atom. The van der Waals surface area contributed by atoms with Crippen molar-refractivity contribution in [3.8, 4) is 0 Å². The molecule has 4 saturated carbocycles. The third-order valence-corrected chi connectivity index (χ3v) is 7.79. The predicted octanol–water partition coefficient (Wildman–Crippen LogP) is 4.93. The van der Waals surface area contributed by atoms with Crippen molar-refractivity contribution >= 4 is 5.91 Å². The Morgan fingerprint density at radius 1 is 0.880 bits per heavy atom. The molecule has 1 amide bonds. The first-order valence-corrected chi connectivity index (χ1v) is 10.5. The van der Waals surface area contributed by atoms with Gasteiger partial charge >= 0.3 is 0 Å². The summed E-state index contributed by atoms with van der Waals surface area (Å²) in [7, 11) is 0. The number of hydrogen-bond donors (Lipinski definition) is 0. The van der Waals surface area contributed by atoms with Gasteiger partial charge in [0.25, 0.3) is 0 Å². The molecule has 0 radical (unpaired) electrons. The highest BCUT2D eigenvalue weighted by Gasteiger charge is 2.61. The first-order valence-electron chi connectivity index (χ1n) is 10.5. The topological polar surface area (TPSA) is 20.3 Å². The number of hydrogen-bond acceptors (Lipinski definition) is 1. The van der Waals surface area contributed by atoms with Crippen molar-refractivity contribution in [2.24, 2.45) is 17.3 Å². The third kappa shape index (κ3) is 2.55. The van der Waals surface area contributed by atoms with Gasteiger partial charge in [0, 0.05) is 13.1 Å². The summed E-state index contributed by atoms with van der Waals surface area (Å²) in [6, 6.07) is 11.2. The van der Waals surface area contributed by atoms with Gasteiger partial charge in [-0.15, -0.1) is 0 Å². The van der Waals surface area contributed by atoms with Gasteiger partial charge in [-0.25, -0.2) is 0 Å². The summed E-state index contributed by atoms with van der Waals surface area (Å²) in [4.78, 5) is 16.0. The highest BCUT2D eigenvalue weighted by Crippen LogP contribution is 2.66. The van der Waals surface area contributed by atoms with E-state index in [1.54, 1.807) is 0 Å². The number of rotatable bonds is 2. The zero-order valence-corrected chi connectivity index (χ0v) is 15.4. The molecule has 4 bridgehead atoms. The summed E-state index contributed by atoms with van der Waals surface area (Å²) >= 11 is 0. The molecule has 0 spiro atoms. The second kappa shape index (κ2) is 5.86. The van der Waals surface area contributed by atoms with Crippen LogP contribution in [0.15, 0.2) is 30.3 Å². The van der Waals surface area contributed by atoms with E-state index in [4.69, 9.17) is 0 Å². The van der Waals surface area contributed by atoms with Crippen LogP contribution < -0.4 is 0 Å². The normalized spacial score (nSPS) is 40.1. The number of carbonyl (C=O) groups excluding carboxylic acids is 1. The second-order valence-electron chi connectivity index (χ2n) is 9.59. The molecule has 1 aliphatic heterocycles. The fourth-order valence-electron chi connectivity index (χ4n) is 7.25. The lowest BCUT2D eigenvalue weighted by Gasteiger charge is -2.62. The van der Waals surface area contributed by atoms with Crippen LogP contribution >= 0.6 is 0 Å². The highest BCUT2D eigenvalue weighted by atomic mass is 16.2. The third-order valence-electron chi connectivity index (χ3n) is 7.79. The van der Waals surface area contributed by atoms with E-state index in [0.717, 1.165) is 31.3 Å². The Kier molecular flexibility index (Phi) is 3.73. The van der Waals surface area contributed by atoms with Crippen LogP contribution in [0.5, 0.6) is 0 Å².